The van der Waals surface area contributed by atoms with Gasteiger partial charge in [-0.25, -0.2) is 9.97 Å². The Morgan fingerprint density at radius 2 is 2.16 bits per heavy atom. The summed E-state index contributed by atoms with van der Waals surface area (Å²) < 4.78 is 0. The highest BCUT2D eigenvalue weighted by atomic mass is 15.2. The van der Waals surface area contributed by atoms with Crippen LogP contribution in [-0.4, -0.2) is 45.1 Å². The molecule has 5 heterocycles. The van der Waals surface area contributed by atoms with Crippen molar-refractivity contribution < 1.29 is 0 Å². The van der Waals surface area contributed by atoms with Gasteiger partial charge in [0, 0.05) is 48.5 Å². The molecule has 6 heteroatoms. The first kappa shape index (κ1) is 15.0. The fourth-order valence-electron chi connectivity index (χ4n) is 4.50. The molecule has 0 amide bonds. The van der Waals surface area contributed by atoms with Crippen molar-refractivity contribution in [2.24, 2.45) is 0 Å². The predicted octanol–water partition coefficient (Wildman–Crippen LogP) is 2.98. The molecule has 1 atom stereocenters. The first-order valence-corrected chi connectivity index (χ1v) is 9.22. The Morgan fingerprint density at radius 1 is 1.20 bits per heavy atom. The molecule has 2 fully saturated rings. The van der Waals surface area contributed by atoms with Gasteiger partial charge in [0.1, 0.15) is 11.5 Å². The van der Waals surface area contributed by atoms with Crippen molar-refractivity contribution >= 4 is 16.7 Å². The maximum atomic E-state index is 4.53. The van der Waals surface area contributed by atoms with Gasteiger partial charge in [-0.2, -0.15) is 0 Å². The second kappa shape index (κ2) is 5.59. The first-order chi connectivity index (χ1) is 12.2. The van der Waals surface area contributed by atoms with E-state index in [1.807, 2.05) is 25.5 Å². The zero-order valence-electron chi connectivity index (χ0n) is 14.6. The average Bonchev–Trinajstić information content (AvgIpc) is 3.34. The number of aromatic amines is 2. The Balaban J connectivity index is 1.56. The number of aryl methyl sites for hydroxylation is 1. The second-order valence-electron chi connectivity index (χ2n) is 7.51. The zero-order chi connectivity index (χ0) is 16.9. The number of fused-ring (bicyclic) bond motifs is 1. The highest BCUT2D eigenvalue weighted by Gasteiger charge is 2.39. The van der Waals surface area contributed by atoms with Crippen LogP contribution in [0, 0.1) is 6.92 Å². The van der Waals surface area contributed by atoms with Crippen LogP contribution < -0.4 is 10.2 Å². The molecule has 6 nitrogen and oxygen atoms in total. The molecule has 3 N–H and O–H groups in total. The SMILES string of the molecule is Cc1cnc(-c2c[nH]c3nccc(N4CC[C@@]5(CCCCN5)C4)c23)[nH]1. The van der Waals surface area contributed by atoms with Crippen molar-refractivity contribution in [3.63, 3.8) is 0 Å². The number of nitrogens with zero attached hydrogens (tertiary/aromatic N) is 3. The van der Waals surface area contributed by atoms with Crippen molar-refractivity contribution in [2.45, 2.75) is 38.1 Å². The van der Waals surface area contributed by atoms with Crippen molar-refractivity contribution in [1.29, 1.82) is 0 Å². The van der Waals surface area contributed by atoms with Gasteiger partial charge < -0.3 is 20.2 Å². The van der Waals surface area contributed by atoms with Crippen LogP contribution >= 0.6 is 0 Å². The molecule has 3 aromatic rings. The molecule has 3 aromatic heterocycles. The largest absolute Gasteiger partial charge is 0.369 e. The third kappa shape index (κ3) is 2.43. The summed E-state index contributed by atoms with van der Waals surface area (Å²) in [5.74, 6) is 0.905. The summed E-state index contributed by atoms with van der Waals surface area (Å²) in [4.78, 5) is 18.3. The number of nitrogens with one attached hydrogen (secondary N) is 3. The molecule has 2 aliphatic rings. The van der Waals surface area contributed by atoms with E-state index in [1.165, 1.54) is 36.8 Å². The van der Waals surface area contributed by atoms with E-state index in [0.29, 0.717) is 5.54 Å². The molecule has 0 saturated carbocycles. The minimum Gasteiger partial charge on any atom is -0.369 e. The molecule has 0 radical (unpaired) electrons. The molecule has 0 aliphatic carbocycles. The maximum absolute atomic E-state index is 4.53. The van der Waals surface area contributed by atoms with Gasteiger partial charge in [0.2, 0.25) is 0 Å². The molecule has 130 valence electrons. The van der Waals surface area contributed by atoms with Crippen LogP contribution in [0.15, 0.2) is 24.7 Å². The molecule has 2 aliphatic heterocycles. The summed E-state index contributed by atoms with van der Waals surface area (Å²) in [7, 11) is 0. The first-order valence-electron chi connectivity index (χ1n) is 9.22. The van der Waals surface area contributed by atoms with Crippen LogP contribution in [0.3, 0.4) is 0 Å². The molecule has 1 spiro atoms. The number of pyridine rings is 1. The highest BCUT2D eigenvalue weighted by molar-refractivity contribution is 6.01. The lowest BCUT2D eigenvalue weighted by molar-refractivity contribution is 0.280. The molecular formula is C19H24N6. The van der Waals surface area contributed by atoms with E-state index in [-0.39, 0.29) is 0 Å². The standard InChI is InChI=1S/C19H24N6/c1-13-10-21-17(24-13)14-11-22-18-16(14)15(4-8-20-18)25-9-6-19(12-25)5-2-3-7-23-19/h4,8,10-11,23H,2-3,5-7,9,12H2,1H3,(H,20,22)(H,21,24)/t19-/m0/s1. The summed E-state index contributed by atoms with van der Waals surface area (Å²) in [6.07, 6.45) is 11.0. The van der Waals surface area contributed by atoms with Crippen molar-refractivity contribution in [1.82, 2.24) is 25.3 Å². The maximum Gasteiger partial charge on any atom is 0.140 e. The average molecular weight is 336 g/mol. The lowest BCUT2D eigenvalue weighted by Crippen LogP contribution is -2.50. The summed E-state index contributed by atoms with van der Waals surface area (Å²) in [6, 6.07) is 2.15. The van der Waals surface area contributed by atoms with Crippen LogP contribution in [0.1, 0.15) is 31.4 Å². The van der Waals surface area contributed by atoms with E-state index in [0.717, 1.165) is 42.4 Å². The van der Waals surface area contributed by atoms with Crippen molar-refractivity contribution in [2.75, 3.05) is 24.5 Å². The van der Waals surface area contributed by atoms with Crippen LogP contribution in [0.2, 0.25) is 0 Å². The Kier molecular flexibility index (Phi) is 3.35. The number of aromatic nitrogens is 4. The lowest BCUT2D eigenvalue weighted by Gasteiger charge is -2.35. The minimum atomic E-state index is 0.297. The molecule has 0 bridgehead atoms. The molecule has 5 rings (SSSR count). The smallest absolute Gasteiger partial charge is 0.140 e. The molecular weight excluding hydrogens is 312 g/mol. The van der Waals surface area contributed by atoms with Crippen LogP contribution in [0.25, 0.3) is 22.4 Å². The zero-order valence-corrected chi connectivity index (χ0v) is 14.6. The van der Waals surface area contributed by atoms with Gasteiger partial charge in [0.05, 0.1) is 11.1 Å². The van der Waals surface area contributed by atoms with Gasteiger partial charge >= 0.3 is 0 Å². The third-order valence-electron chi connectivity index (χ3n) is 5.79. The number of piperidine rings is 1. The quantitative estimate of drug-likeness (QED) is 0.673. The number of rotatable bonds is 2. The minimum absolute atomic E-state index is 0.297. The fourth-order valence-corrected chi connectivity index (χ4v) is 4.50. The van der Waals surface area contributed by atoms with Crippen LogP contribution in [0.4, 0.5) is 5.69 Å². The van der Waals surface area contributed by atoms with E-state index in [2.05, 4.69) is 36.2 Å². The normalized spacial score (nSPS) is 23.8. The topological polar surface area (TPSA) is 72.6 Å². The van der Waals surface area contributed by atoms with Gasteiger partial charge in [-0.15, -0.1) is 0 Å². The van der Waals surface area contributed by atoms with E-state index < -0.39 is 0 Å². The fraction of sp³-hybridized carbons (Fsp3) is 0.474. The Labute approximate surface area is 147 Å². The number of H-pyrrole nitrogens is 2. The third-order valence-corrected chi connectivity index (χ3v) is 5.79. The molecule has 0 aromatic carbocycles. The van der Waals surface area contributed by atoms with Crippen LogP contribution in [0.5, 0.6) is 0 Å². The summed E-state index contributed by atoms with van der Waals surface area (Å²) in [6.45, 7) is 5.35. The van der Waals surface area contributed by atoms with Gasteiger partial charge in [-0.05, 0) is 38.8 Å². The number of imidazole rings is 1. The summed E-state index contributed by atoms with van der Waals surface area (Å²) >= 11 is 0. The van der Waals surface area contributed by atoms with E-state index in [4.69, 9.17) is 0 Å². The predicted molar refractivity (Wildman–Crippen MR) is 99.8 cm³/mol. The number of hydrogen-bond acceptors (Lipinski definition) is 4. The molecule has 2 saturated heterocycles. The molecule has 25 heavy (non-hydrogen) atoms. The Bertz CT molecular complexity index is 902. The van der Waals surface area contributed by atoms with E-state index in [9.17, 15) is 0 Å². The van der Waals surface area contributed by atoms with Gasteiger partial charge in [-0.3, -0.25) is 0 Å². The van der Waals surface area contributed by atoms with Crippen molar-refractivity contribution in [3.05, 3.63) is 30.4 Å². The van der Waals surface area contributed by atoms with E-state index in [1.54, 1.807) is 0 Å². The Morgan fingerprint density at radius 3 is 2.96 bits per heavy atom. The monoisotopic (exact) mass is 336 g/mol. The van der Waals surface area contributed by atoms with Gasteiger partial charge in [0.25, 0.3) is 0 Å². The molecule has 0 unspecified atom stereocenters. The summed E-state index contributed by atoms with van der Waals surface area (Å²) in [5, 5.41) is 4.97. The van der Waals surface area contributed by atoms with E-state index >= 15 is 0 Å². The van der Waals surface area contributed by atoms with Crippen molar-refractivity contribution in [3.8, 4) is 11.4 Å². The summed E-state index contributed by atoms with van der Waals surface area (Å²) in [5.41, 5.74) is 4.66. The number of anilines is 1. The van der Waals surface area contributed by atoms with Crippen LogP contribution in [-0.2, 0) is 0 Å². The van der Waals surface area contributed by atoms with Gasteiger partial charge in [-0.1, -0.05) is 6.42 Å². The van der Waals surface area contributed by atoms with Gasteiger partial charge in [0.15, 0.2) is 0 Å². The second-order valence-corrected chi connectivity index (χ2v) is 7.51. The lowest BCUT2D eigenvalue weighted by atomic mass is 9.88. The number of hydrogen-bond donors (Lipinski definition) is 3. The Hall–Kier alpha value is -2.34. The highest BCUT2D eigenvalue weighted by Crippen LogP contribution is 2.38.